The van der Waals surface area contributed by atoms with Crippen molar-refractivity contribution in [3.8, 4) is 0 Å². The first-order chi connectivity index (χ1) is 7.90. The van der Waals surface area contributed by atoms with Gasteiger partial charge in [0, 0.05) is 25.8 Å². The van der Waals surface area contributed by atoms with Crippen molar-refractivity contribution in [2.45, 2.75) is 0 Å². The van der Waals surface area contributed by atoms with Crippen molar-refractivity contribution in [2.75, 3.05) is 38.3 Å². The molecule has 1 aliphatic rings. The summed E-state index contributed by atoms with van der Waals surface area (Å²) in [4.78, 5) is 10.1. The lowest BCUT2D eigenvalue weighted by Crippen LogP contribution is -2.36. The van der Waals surface area contributed by atoms with Crippen molar-refractivity contribution in [1.29, 1.82) is 0 Å². The Morgan fingerprint density at radius 3 is 2.50 bits per heavy atom. The summed E-state index contributed by atoms with van der Waals surface area (Å²) in [5.41, 5.74) is 2.10. The van der Waals surface area contributed by atoms with Gasteiger partial charge in [0.1, 0.15) is 0 Å². The summed E-state index contributed by atoms with van der Waals surface area (Å²) in [5, 5.41) is 0. The molecule has 1 aromatic rings. The van der Waals surface area contributed by atoms with Gasteiger partial charge in [-0.2, -0.15) is 4.99 Å². The minimum absolute atomic E-state index is 0.808. The Balaban J connectivity index is 2.09. The van der Waals surface area contributed by atoms with Gasteiger partial charge in [-0.25, -0.2) is 4.99 Å². The third-order valence-corrected chi connectivity index (χ3v) is 2.51. The van der Waals surface area contributed by atoms with Crippen LogP contribution in [0.2, 0.25) is 0 Å². The number of anilines is 1. The van der Waals surface area contributed by atoms with E-state index in [4.69, 9.17) is 4.74 Å². The zero-order valence-electron chi connectivity index (χ0n) is 9.39. The van der Waals surface area contributed by atoms with Crippen LogP contribution in [0.25, 0.3) is 0 Å². The highest BCUT2D eigenvalue weighted by Crippen LogP contribution is 2.20. The molecule has 4 nitrogen and oxygen atoms in total. The Bertz CT molecular complexity index is 387. The second-order valence-corrected chi connectivity index (χ2v) is 3.55. The molecule has 2 rings (SSSR count). The topological polar surface area (TPSA) is 37.2 Å². The molecule has 0 aliphatic carbocycles. The molecule has 1 saturated heterocycles. The predicted molar refractivity (Wildman–Crippen MR) is 64.9 cm³/mol. The maximum atomic E-state index is 5.32. The van der Waals surface area contributed by atoms with Crippen molar-refractivity contribution >= 4 is 17.4 Å². The zero-order chi connectivity index (χ0) is 11.2. The first-order valence-electron chi connectivity index (χ1n) is 5.37. The van der Waals surface area contributed by atoms with Crippen molar-refractivity contribution in [1.82, 2.24) is 0 Å². The van der Waals surface area contributed by atoms with Gasteiger partial charge in [0.05, 0.1) is 24.9 Å². The van der Waals surface area contributed by atoms with Gasteiger partial charge in [-0.05, 0) is 24.3 Å². The van der Waals surface area contributed by atoms with E-state index >= 15 is 0 Å². The molecule has 0 amide bonds. The van der Waals surface area contributed by atoms with Gasteiger partial charge in [-0.15, -0.1) is 0 Å². The summed E-state index contributed by atoms with van der Waals surface area (Å²) in [5.74, 6) is 0. The quantitative estimate of drug-likeness (QED) is 0.710. The van der Waals surface area contributed by atoms with Crippen LogP contribution >= 0.6 is 0 Å². The average Bonchev–Trinajstić information content (AvgIpc) is 2.38. The summed E-state index contributed by atoms with van der Waals surface area (Å²) in [6.07, 6.45) is 0. The summed E-state index contributed by atoms with van der Waals surface area (Å²) in [6, 6.07) is 10.7. The van der Waals surface area contributed by atoms with Crippen LogP contribution in [0.1, 0.15) is 0 Å². The molecule has 0 unspecified atom stereocenters. The molecule has 16 heavy (non-hydrogen) atoms. The van der Waals surface area contributed by atoms with E-state index in [2.05, 4.69) is 33.0 Å². The Morgan fingerprint density at radius 1 is 1.19 bits per heavy atom. The monoisotopic (exact) mass is 217 g/mol. The number of benzene rings is 1. The number of hydrogen-bond donors (Lipinski definition) is 0. The molecule has 84 valence electrons. The third kappa shape index (κ3) is 2.69. The Hall–Kier alpha value is -1.64. The van der Waals surface area contributed by atoms with Gasteiger partial charge in [-0.1, -0.05) is 0 Å². The lowest BCUT2D eigenvalue weighted by Gasteiger charge is -2.28. The third-order valence-electron chi connectivity index (χ3n) is 2.51. The highest BCUT2D eigenvalue weighted by molar-refractivity contribution is 5.57. The molecule has 0 spiro atoms. The molecule has 1 aliphatic heterocycles. The second-order valence-electron chi connectivity index (χ2n) is 3.55. The van der Waals surface area contributed by atoms with E-state index in [1.807, 2.05) is 12.1 Å². The van der Waals surface area contributed by atoms with Crippen molar-refractivity contribution in [3.05, 3.63) is 24.3 Å². The van der Waals surface area contributed by atoms with Gasteiger partial charge < -0.3 is 9.64 Å². The molecule has 0 saturated carbocycles. The molecule has 4 heteroatoms. The van der Waals surface area contributed by atoms with E-state index in [1.165, 1.54) is 5.69 Å². The highest BCUT2D eigenvalue weighted by atomic mass is 16.5. The SMILES string of the molecule is CN=C=Nc1ccc(N2CCOCC2)cc1. The van der Waals surface area contributed by atoms with Gasteiger partial charge in [-0.3, -0.25) is 0 Å². The van der Waals surface area contributed by atoms with Gasteiger partial charge in [0.25, 0.3) is 0 Å². The summed E-state index contributed by atoms with van der Waals surface area (Å²) >= 11 is 0. The number of aliphatic imine (C=N–C) groups is 2. The van der Waals surface area contributed by atoms with Crippen molar-refractivity contribution in [2.24, 2.45) is 9.98 Å². The number of ether oxygens (including phenoxy) is 1. The number of nitrogens with zero attached hydrogens (tertiary/aromatic N) is 3. The van der Waals surface area contributed by atoms with Crippen molar-refractivity contribution < 1.29 is 4.74 Å². The summed E-state index contributed by atoms with van der Waals surface area (Å²) in [7, 11) is 1.66. The van der Waals surface area contributed by atoms with E-state index in [9.17, 15) is 0 Å². The highest BCUT2D eigenvalue weighted by Gasteiger charge is 2.10. The summed E-state index contributed by atoms with van der Waals surface area (Å²) < 4.78 is 5.32. The van der Waals surface area contributed by atoms with Gasteiger partial charge in [0.15, 0.2) is 0 Å². The maximum Gasteiger partial charge on any atom is 0.0946 e. The van der Waals surface area contributed by atoms with E-state index < -0.39 is 0 Å². The molecule has 0 radical (unpaired) electrons. The van der Waals surface area contributed by atoms with E-state index in [1.54, 1.807) is 7.05 Å². The lowest BCUT2D eigenvalue weighted by atomic mass is 10.2. The Morgan fingerprint density at radius 2 is 1.88 bits per heavy atom. The van der Waals surface area contributed by atoms with Crippen molar-refractivity contribution in [3.63, 3.8) is 0 Å². The van der Waals surface area contributed by atoms with E-state index in [-0.39, 0.29) is 0 Å². The van der Waals surface area contributed by atoms with Crippen LogP contribution in [-0.2, 0) is 4.74 Å². The maximum absolute atomic E-state index is 5.32. The van der Waals surface area contributed by atoms with Crippen LogP contribution in [0.3, 0.4) is 0 Å². The number of hydrogen-bond acceptors (Lipinski definition) is 4. The fourth-order valence-corrected chi connectivity index (χ4v) is 1.67. The largest absolute Gasteiger partial charge is 0.378 e. The molecule has 1 heterocycles. The van der Waals surface area contributed by atoms with Crippen LogP contribution < -0.4 is 4.90 Å². The fourth-order valence-electron chi connectivity index (χ4n) is 1.67. The van der Waals surface area contributed by atoms with E-state index in [0.717, 1.165) is 32.0 Å². The molecular formula is C12H15N3O. The van der Waals surface area contributed by atoms with Crippen LogP contribution in [0, 0.1) is 0 Å². The Labute approximate surface area is 95.3 Å². The lowest BCUT2D eigenvalue weighted by molar-refractivity contribution is 0.122. The van der Waals surface area contributed by atoms with Gasteiger partial charge in [0.2, 0.25) is 0 Å². The molecule has 0 bridgehead atoms. The number of rotatable bonds is 2. The molecular weight excluding hydrogens is 202 g/mol. The molecule has 0 atom stereocenters. The minimum atomic E-state index is 0.808. The standard InChI is InChI=1S/C12H15N3O/c1-13-10-14-11-2-4-12(5-3-11)15-6-8-16-9-7-15/h2-5H,6-9H2,1H3. The average molecular weight is 217 g/mol. The number of morpholine rings is 1. The zero-order valence-corrected chi connectivity index (χ0v) is 9.39. The Kier molecular flexibility index (Phi) is 3.70. The molecule has 0 aromatic heterocycles. The first-order valence-corrected chi connectivity index (χ1v) is 5.37. The van der Waals surface area contributed by atoms with E-state index in [0.29, 0.717) is 0 Å². The van der Waals surface area contributed by atoms with Crippen LogP contribution in [0.5, 0.6) is 0 Å². The minimum Gasteiger partial charge on any atom is -0.378 e. The van der Waals surface area contributed by atoms with Crippen LogP contribution in [0.4, 0.5) is 11.4 Å². The van der Waals surface area contributed by atoms with Gasteiger partial charge >= 0.3 is 0 Å². The first kappa shape index (κ1) is 10.9. The molecule has 1 aromatic carbocycles. The summed E-state index contributed by atoms with van der Waals surface area (Å²) in [6.45, 7) is 3.53. The molecule has 0 N–H and O–H groups in total. The smallest absolute Gasteiger partial charge is 0.0946 e. The second kappa shape index (κ2) is 5.45. The normalized spacial score (nSPS) is 15.4. The van der Waals surface area contributed by atoms with Crippen LogP contribution in [0.15, 0.2) is 34.3 Å². The molecule has 1 fully saturated rings. The fraction of sp³-hybridized carbons (Fsp3) is 0.417. The van der Waals surface area contributed by atoms with Crippen LogP contribution in [-0.4, -0.2) is 39.4 Å². The predicted octanol–water partition coefficient (Wildman–Crippen LogP) is 1.96.